The molecule has 1 aromatic heterocycles. The van der Waals surface area contributed by atoms with Gasteiger partial charge in [-0.25, -0.2) is 4.98 Å². The van der Waals surface area contributed by atoms with Gasteiger partial charge >= 0.3 is 0 Å². The molecule has 3 rings (SSSR count). The highest BCUT2D eigenvalue weighted by molar-refractivity contribution is 6.30. The first-order valence-corrected chi connectivity index (χ1v) is 6.70. The highest BCUT2D eigenvalue weighted by atomic mass is 35.5. The number of nitriles is 1. The zero-order valence-corrected chi connectivity index (χ0v) is 10.8. The summed E-state index contributed by atoms with van der Waals surface area (Å²) in [7, 11) is 0. The van der Waals surface area contributed by atoms with Crippen molar-refractivity contribution in [2.45, 2.75) is 31.3 Å². The Balaban J connectivity index is 1.84. The fraction of sp³-hybridized carbons (Fsp3) is 0.538. The SMILES string of the molecule is N#Cc1cc(N2CC[C@H]3CC[C@@H](C2)N3)cnc1Cl. The first kappa shape index (κ1) is 11.8. The van der Waals surface area contributed by atoms with E-state index in [1.165, 1.54) is 12.8 Å². The highest BCUT2D eigenvalue weighted by Gasteiger charge is 2.29. The Morgan fingerprint density at radius 1 is 1.39 bits per heavy atom. The maximum atomic E-state index is 9.00. The Labute approximate surface area is 112 Å². The van der Waals surface area contributed by atoms with Crippen LogP contribution in [0, 0.1) is 11.3 Å². The van der Waals surface area contributed by atoms with Crippen molar-refractivity contribution in [2.75, 3.05) is 18.0 Å². The number of aromatic nitrogens is 1. The number of hydrogen-bond acceptors (Lipinski definition) is 4. The molecule has 5 heteroatoms. The predicted molar refractivity (Wildman–Crippen MR) is 70.7 cm³/mol. The van der Waals surface area contributed by atoms with E-state index < -0.39 is 0 Å². The minimum atomic E-state index is 0.288. The molecule has 2 fully saturated rings. The van der Waals surface area contributed by atoms with E-state index >= 15 is 0 Å². The molecular weight excluding hydrogens is 248 g/mol. The van der Waals surface area contributed by atoms with Crippen molar-refractivity contribution in [3.63, 3.8) is 0 Å². The Bertz CT molecular complexity index is 496. The summed E-state index contributed by atoms with van der Waals surface area (Å²) < 4.78 is 0. The van der Waals surface area contributed by atoms with Crippen molar-refractivity contribution in [2.24, 2.45) is 0 Å². The normalized spacial score (nSPS) is 26.8. The van der Waals surface area contributed by atoms with Crippen LogP contribution in [0.15, 0.2) is 12.3 Å². The highest BCUT2D eigenvalue weighted by Crippen LogP contribution is 2.26. The van der Waals surface area contributed by atoms with Crippen LogP contribution < -0.4 is 10.2 Å². The van der Waals surface area contributed by atoms with Crippen LogP contribution in [0.3, 0.4) is 0 Å². The summed E-state index contributed by atoms with van der Waals surface area (Å²) in [5, 5.41) is 12.9. The zero-order valence-electron chi connectivity index (χ0n) is 10.1. The van der Waals surface area contributed by atoms with E-state index in [9.17, 15) is 0 Å². The Morgan fingerprint density at radius 2 is 2.22 bits per heavy atom. The summed E-state index contributed by atoms with van der Waals surface area (Å²) in [5.74, 6) is 0. The van der Waals surface area contributed by atoms with E-state index in [0.717, 1.165) is 25.2 Å². The Kier molecular flexibility index (Phi) is 3.11. The molecule has 0 aromatic carbocycles. The molecule has 2 bridgehead atoms. The average Bonchev–Trinajstić information content (AvgIpc) is 2.70. The molecule has 0 amide bonds. The van der Waals surface area contributed by atoms with Crippen molar-refractivity contribution in [3.05, 3.63) is 23.0 Å². The second-order valence-corrected chi connectivity index (χ2v) is 5.37. The minimum absolute atomic E-state index is 0.288. The molecule has 1 N–H and O–H groups in total. The van der Waals surface area contributed by atoms with Crippen LogP contribution in [-0.4, -0.2) is 30.2 Å². The van der Waals surface area contributed by atoms with E-state index in [-0.39, 0.29) is 5.15 Å². The summed E-state index contributed by atoms with van der Waals surface area (Å²) in [6.45, 7) is 2.01. The van der Waals surface area contributed by atoms with Gasteiger partial charge in [-0.05, 0) is 25.3 Å². The number of hydrogen-bond donors (Lipinski definition) is 1. The van der Waals surface area contributed by atoms with Gasteiger partial charge < -0.3 is 10.2 Å². The molecule has 94 valence electrons. The second kappa shape index (κ2) is 4.75. The van der Waals surface area contributed by atoms with E-state index in [1.807, 2.05) is 6.07 Å². The lowest BCUT2D eigenvalue weighted by atomic mass is 10.1. The third kappa shape index (κ3) is 2.16. The first-order chi connectivity index (χ1) is 8.76. The van der Waals surface area contributed by atoms with E-state index in [1.54, 1.807) is 6.20 Å². The first-order valence-electron chi connectivity index (χ1n) is 6.33. The average molecular weight is 263 g/mol. The number of nitrogens with zero attached hydrogens (tertiary/aromatic N) is 3. The van der Waals surface area contributed by atoms with Crippen LogP contribution in [0.5, 0.6) is 0 Å². The largest absolute Gasteiger partial charge is 0.369 e. The van der Waals surface area contributed by atoms with Gasteiger partial charge in [0.15, 0.2) is 0 Å². The van der Waals surface area contributed by atoms with Gasteiger partial charge in [0.25, 0.3) is 0 Å². The number of rotatable bonds is 1. The van der Waals surface area contributed by atoms with Crippen LogP contribution in [-0.2, 0) is 0 Å². The third-order valence-corrected chi connectivity index (χ3v) is 4.13. The van der Waals surface area contributed by atoms with Gasteiger partial charge in [-0.1, -0.05) is 11.6 Å². The lowest BCUT2D eigenvalue weighted by molar-refractivity contribution is 0.563. The molecule has 2 atom stereocenters. The van der Waals surface area contributed by atoms with Crippen LogP contribution in [0.2, 0.25) is 5.15 Å². The summed E-state index contributed by atoms with van der Waals surface area (Å²) >= 11 is 5.87. The quantitative estimate of drug-likeness (QED) is 0.786. The molecule has 1 aromatic rings. The molecule has 3 heterocycles. The van der Waals surface area contributed by atoms with Crippen molar-refractivity contribution in [3.8, 4) is 6.07 Å². The van der Waals surface area contributed by atoms with Gasteiger partial charge in [0, 0.05) is 25.2 Å². The molecular formula is C13H15ClN4. The van der Waals surface area contributed by atoms with Crippen LogP contribution >= 0.6 is 11.6 Å². The predicted octanol–water partition coefficient (Wildman–Crippen LogP) is 1.94. The van der Waals surface area contributed by atoms with Crippen molar-refractivity contribution in [1.29, 1.82) is 5.26 Å². The van der Waals surface area contributed by atoms with E-state index in [4.69, 9.17) is 16.9 Å². The molecule has 0 aliphatic carbocycles. The Morgan fingerprint density at radius 3 is 3.06 bits per heavy atom. The van der Waals surface area contributed by atoms with Gasteiger partial charge in [-0.2, -0.15) is 5.26 Å². The fourth-order valence-electron chi connectivity index (χ4n) is 2.87. The molecule has 0 unspecified atom stereocenters. The van der Waals surface area contributed by atoms with Gasteiger partial charge in [-0.15, -0.1) is 0 Å². The van der Waals surface area contributed by atoms with Crippen LogP contribution in [0.25, 0.3) is 0 Å². The van der Waals surface area contributed by atoms with Gasteiger partial charge in [0.2, 0.25) is 0 Å². The van der Waals surface area contributed by atoms with Crippen LogP contribution in [0.1, 0.15) is 24.8 Å². The molecule has 4 nitrogen and oxygen atoms in total. The van der Waals surface area contributed by atoms with Crippen LogP contribution in [0.4, 0.5) is 5.69 Å². The van der Waals surface area contributed by atoms with Gasteiger partial charge in [-0.3, -0.25) is 0 Å². The molecule has 0 radical (unpaired) electrons. The summed E-state index contributed by atoms with van der Waals surface area (Å²) in [5.41, 5.74) is 1.46. The third-order valence-electron chi connectivity index (χ3n) is 3.83. The van der Waals surface area contributed by atoms with Gasteiger partial charge in [0.1, 0.15) is 11.2 Å². The number of pyridine rings is 1. The summed E-state index contributed by atoms with van der Waals surface area (Å²) in [6, 6.07) is 5.16. The van der Waals surface area contributed by atoms with Crippen molar-refractivity contribution in [1.82, 2.24) is 10.3 Å². The fourth-order valence-corrected chi connectivity index (χ4v) is 3.01. The standard InChI is InChI=1S/C13H15ClN4/c14-13-9(6-15)5-12(7-16-13)18-4-3-10-1-2-11(8-18)17-10/h5,7,10-11,17H,1-4,8H2/t10-,11+/m1/s1. The maximum absolute atomic E-state index is 9.00. The monoisotopic (exact) mass is 262 g/mol. The summed E-state index contributed by atoms with van der Waals surface area (Å²) in [4.78, 5) is 6.41. The van der Waals surface area contributed by atoms with Crippen molar-refractivity contribution >= 4 is 17.3 Å². The zero-order chi connectivity index (χ0) is 12.5. The number of anilines is 1. The summed E-state index contributed by atoms with van der Waals surface area (Å²) in [6.07, 6.45) is 5.46. The Hall–Kier alpha value is -1.31. The van der Waals surface area contributed by atoms with Gasteiger partial charge in [0.05, 0.1) is 17.4 Å². The molecule has 0 spiro atoms. The van der Waals surface area contributed by atoms with E-state index in [2.05, 4.69) is 21.3 Å². The molecule has 2 aliphatic heterocycles. The number of halogens is 1. The molecule has 18 heavy (non-hydrogen) atoms. The minimum Gasteiger partial charge on any atom is -0.369 e. The van der Waals surface area contributed by atoms with E-state index in [0.29, 0.717) is 17.6 Å². The lowest BCUT2D eigenvalue weighted by Crippen LogP contribution is -2.35. The molecule has 2 saturated heterocycles. The topological polar surface area (TPSA) is 52.0 Å². The number of nitrogens with one attached hydrogen (secondary N) is 1. The molecule has 0 saturated carbocycles. The lowest BCUT2D eigenvalue weighted by Gasteiger charge is -2.26. The second-order valence-electron chi connectivity index (χ2n) is 5.02. The maximum Gasteiger partial charge on any atom is 0.146 e. The molecule has 2 aliphatic rings. The number of fused-ring (bicyclic) bond motifs is 2. The van der Waals surface area contributed by atoms with Crippen molar-refractivity contribution < 1.29 is 0 Å². The smallest absolute Gasteiger partial charge is 0.146 e.